The summed E-state index contributed by atoms with van der Waals surface area (Å²) in [7, 11) is 0. The first kappa shape index (κ1) is 25.3. The third-order valence-electron chi connectivity index (χ3n) is 5.67. The average molecular weight is 486 g/mol. The molecule has 8 nitrogen and oxygen atoms in total. The van der Waals surface area contributed by atoms with Gasteiger partial charge in [0.2, 0.25) is 5.95 Å². The highest BCUT2D eigenvalue weighted by Crippen LogP contribution is 2.21. The minimum absolute atomic E-state index is 0.241. The molecule has 1 saturated heterocycles. The molecule has 1 aromatic carbocycles. The van der Waals surface area contributed by atoms with Crippen molar-refractivity contribution in [2.75, 3.05) is 51.3 Å². The lowest BCUT2D eigenvalue weighted by Crippen LogP contribution is -2.39. The van der Waals surface area contributed by atoms with Crippen molar-refractivity contribution < 1.29 is 14.3 Å². The zero-order chi connectivity index (χ0) is 25.0. The number of carbonyl (C=O) groups is 1. The zero-order valence-electron chi connectivity index (χ0n) is 20.6. The summed E-state index contributed by atoms with van der Waals surface area (Å²) in [6.45, 7) is 7.26. The Bertz CT molecular complexity index is 1180. The first-order valence-electron chi connectivity index (χ1n) is 12.3. The Labute approximate surface area is 212 Å². The summed E-state index contributed by atoms with van der Waals surface area (Å²) in [5.41, 5.74) is 3.48. The lowest BCUT2D eigenvalue weighted by molar-refractivity contribution is 0.0398. The van der Waals surface area contributed by atoms with Gasteiger partial charge in [0.15, 0.2) is 5.69 Å². The standard InChI is InChI=1S/C28H31N5O3/c1-2-3-17-36-27(34)26-20-25(31-28(32-26)30-13-14-33-15-18-35-19-16-33)24-10-8-22(9-11-24)6-7-23-5-4-12-29-21-23/h4-5,8-12,20-21H,2-3,13-19H2,1H3,(H,30,31,32). The van der Waals surface area contributed by atoms with Gasteiger partial charge in [-0.3, -0.25) is 9.88 Å². The van der Waals surface area contributed by atoms with E-state index >= 15 is 0 Å². The minimum Gasteiger partial charge on any atom is -0.461 e. The topological polar surface area (TPSA) is 89.5 Å². The molecule has 8 heteroatoms. The van der Waals surface area contributed by atoms with E-state index in [0.717, 1.165) is 62.4 Å². The molecule has 1 N–H and O–H groups in total. The van der Waals surface area contributed by atoms with Crippen molar-refractivity contribution in [1.29, 1.82) is 0 Å². The molecule has 4 rings (SSSR count). The van der Waals surface area contributed by atoms with Crippen LogP contribution in [0.2, 0.25) is 0 Å². The maximum atomic E-state index is 12.7. The van der Waals surface area contributed by atoms with Crippen molar-refractivity contribution in [1.82, 2.24) is 19.9 Å². The molecule has 1 aliphatic rings. The second-order valence-corrected chi connectivity index (χ2v) is 8.40. The van der Waals surface area contributed by atoms with E-state index in [4.69, 9.17) is 9.47 Å². The number of anilines is 1. The molecule has 36 heavy (non-hydrogen) atoms. The van der Waals surface area contributed by atoms with E-state index in [-0.39, 0.29) is 5.69 Å². The Morgan fingerprint density at radius 1 is 1.11 bits per heavy atom. The van der Waals surface area contributed by atoms with Gasteiger partial charge >= 0.3 is 5.97 Å². The fraction of sp³-hybridized carbons (Fsp3) is 0.357. The van der Waals surface area contributed by atoms with E-state index < -0.39 is 5.97 Å². The first-order chi connectivity index (χ1) is 17.7. The molecule has 0 atom stereocenters. The number of ether oxygens (including phenoxy) is 2. The van der Waals surface area contributed by atoms with E-state index in [1.165, 1.54) is 0 Å². The quantitative estimate of drug-likeness (QED) is 0.279. The summed E-state index contributed by atoms with van der Waals surface area (Å²) in [5, 5.41) is 3.27. The molecule has 1 aliphatic heterocycles. The highest BCUT2D eigenvalue weighted by molar-refractivity contribution is 5.89. The predicted octanol–water partition coefficient (Wildman–Crippen LogP) is 3.64. The maximum absolute atomic E-state index is 12.7. The van der Waals surface area contributed by atoms with E-state index in [1.54, 1.807) is 18.5 Å². The largest absolute Gasteiger partial charge is 0.461 e. The van der Waals surface area contributed by atoms with Gasteiger partial charge in [0.1, 0.15) is 0 Å². The minimum atomic E-state index is -0.442. The highest BCUT2D eigenvalue weighted by Gasteiger charge is 2.15. The van der Waals surface area contributed by atoms with Crippen molar-refractivity contribution in [3.8, 4) is 23.1 Å². The molecule has 186 valence electrons. The lowest BCUT2D eigenvalue weighted by Gasteiger charge is -2.26. The van der Waals surface area contributed by atoms with E-state index in [2.05, 4.69) is 43.9 Å². The zero-order valence-corrected chi connectivity index (χ0v) is 20.6. The highest BCUT2D eigenvalue weighted by atomic mass is 16.5. The fourth-order valence-electron chi connectivity index (χ4n) is 3.62. The molecule has 0 radical (unpaired) electrons. The number of esters is 1. The lowest BCUT2D eigenvalue weighted by atomic mass is 10.1. The number of rotatable bonds is 9. The monoisotopic (exact) mass is 485 g/mol. The van der Waals surface area contributed by atoms with Crippen molar-refractivity contribution in [3.05, 3.63) is 71.7 Å². The number of morpholine rings is 1. The van der Waals surface area contributed by atoms with E-state index in [9.17, 15) is 4.79 Å². The van der Waals surface area contributed by atoms with Crippen LogP contribution in [0.4, 0.5) is 5.95 Å². The fourth-order valence-corrected chi connectivity index (χ4v) is 3.62. The molecule has 0 spiro atoms. The second kappa shape index (κ2) is 13.3. The molecular formula is C28H31N5O3. The van der Waals surface area contributed by atoms with Crippen LogP contribution < -0.4 is 5.32 Å². The number of hydrogen-bond donors (Lipinski definition) is 1. The maximum Gasteiger partial charge on any atom is 0.357 e. The smallest absolute Gasteiger partial charge is 0.357 e. The van der Waals surface area contributed by atoms with E-state index in [1.807, 2.05) is 36.4 Å². The Morgan fingerprint density at radius 3 is 2.67 bits per heavy atom. The molecular weight excluding hydrogens is 454 g/mol. The summed E-state index contributed by atoms with van der Waals surface area (Å²) in [5.74, 6) is 6.22. The molecule has 0 saturated carbocycles. The first-order valence-corrected chi connectivity index (χ1v) is 12.3. The molecule has 2 aromatic heterocycles. The van der Waals surface area contributed by atoms with Gasteiger partial charge in [0.25, 0.3) is 0 Å². The number of hydrogen-bond acceptors (Lipinski definition) is 8. The summed E-state index contributed by atoms with van der Waals surface area (Å²) >= 11 is 0. The van der Waals surface area contributed by atoms with Crippen LogP contribution in [-0.4, -0.2) is 71.8 Å². The molecule has 1 fully saturated rings. The Kier molecular flexibility index (Phi) is 9.37. The number of aromatic nitrogens is 3. The Morgan fingerprint density at radius 2 is 1.92 bits per heavy atom. The van der Waals surface area contributed by atoms with Crippen LogP contribution in [0.25, 0.3) is 11.3 Å². The van der Waals surface area contributed by atoms with Crippen molar-refractivity contribution in [2.24, 2.45) is 0 Å². The van der Waals surface area contributed by atoms with E-state index in [0.29, 0.717) is 24.8 Å². The van der Waals surface area contributed by atoms with Crippen LogP contribution in [0.1, 0.15) is 41.4 Å². The summed E-state index contributed by atoms with van der Waals surface area (Å²) in [6, 6.07) is 13.2. The van der Waals surface area contributed by atoms with Gasteiger partial charge in [-0.05, 0) is 36.8 Å². The van der Waals surface area contributed by atoms with Crippen molar-refractivity contribution in [3.63, 3.8) is 0 Å². The van der Waals surface area contributed by atoms with Crippen LogP contribution in [0.5, 0.6) is 0 Å². The van der Waals surface area contributed by atoms with Crippen molar-refractivity contribution >= 4 is 11.9 Å². The van der Waals surface area contributed by atoms with Crippen LogP contribution in [0, 0.1) is 11.8 Å². The summed E-state index contributed by atoms with van der Waals surface area (Å²) in [4.78, 5) is 28.2. The van der Waals surface area contributed by atoms with Gasteiger partial charge < -0.3 is 14.8 Å². The molecule has 3 aromatic rings. The van der Waals surface area contributed by atoms with Crippen LogP contribution in [0.15, 0.2) is 54.9 Å². The summed E-state index contributed by atoms with van der Waals surface area (Å²) < 4.78 is 10.8. The van der Waals surface area contributed by atoms with Gasteiger partial charge in [0, 0.05) is 55.3 Å². The predicted molar refractivity (Wildman–Crippen MR) is 139 cm³/mol. The molecule has 0 amide bonds. The molecule has 0 bridgehead atoms. The number of carbonyl (C=O) groups excluding carboxylic acids is 1. The SMILES string of the molecule is CCCCOC(=O)c1cc(-c2ccc(C#Cc3cccnc3)cc2)nc(NCCN2CCOCC2)n1. The van der Waals surface area contributed by atoms with Gasteiger partial charge in [-0.25, -0.2) is 14.8 Å². The van der Waals surface area contributed by atoms with Crippen LogP contribution in [0.3, 0.4) is 0 Å². The number of pyridine rings is 1. The molecule has 0 aliphatic carbocycles. The van der Waals surface area contributed by atoms with Gasteiger partial charge in [0.05, 0.1) is 25.5 Å². The number of benzene rings is 1. The number of unbranched alkanes of at least 4 members (excludes halogenated alkanes) is 1. The average Bonchev–Trinajstić information content (AvgIpc) is 2.93. The van der Waals surface area contributed by atoms with Crippen LogP contribution >= 0.6 is 0 Å². The Hall–Kier alpha value is -3.80. The van der Waals surface area contributed by atoms with Crippen molar-refractivity contribution in [2.45, 2.75) is 19.8 Å². The molecule has 3 heterocycles. The van der Waals surface area contributed by atoms with Crippen LogP contribution in [-0.2, 0) is 9.47 Å². The normalized spacial score (nSPS) is 13.5. The second-order valence-electron chi connectivity index (χ2n) is 8.40. The third kappa shape index (κ3) is 7.60. The van der Waals surface area contributed by atoms with Gasteiger partial charge in [-0.15, -0.1) is 0 Å². The number of nitrogens with one attached hydrogen (secondary N) is 1. The van der Waals surface area contributed by atoms with Gasteiger partial charge in [-0.2, -0.15) is 0 Å². The summed E-state index contributed by atoms with van der Waals surface area (Å²) in [6.07, 6.45) is 5.22. The molecule has 0 unspecified atom stereocenters. The third-order valence-corrected chi connectivity index (χ3v) is 5.67. The number of nitrogens with zero attached hydrogens (tertiary/aromatic N) is 4. The Balaban J connectivity index is 1.50. The van der Waals surface area contributed by atoms with Gasteiger partial charge in [-0.1, -0.05) is 37.3 Å².